The summed E-state index contributed by atoms with van der Waals surface area (Å²) in [6, 6.07) is 51.5. The first kappa shape index (κ1) is 26.5. The van der Waals surface area contributed by atoms with Crippen molar-refractivity contribution in [3.8, 4) is 45.2 Å². The predicted octanol–water partition coefficient (Wildman–Crippen LogP) is 9.88. The Morgan fingerprint density at radius 2 is 1.15 bits per heavy atom. The van der Waals surface area contributed by atoms with Crippen molar-refractivity contribution in [2.24, 2.45) is 0 Å². The van der Waals surface area contributed by atoms with Gasteiger partial charge in [-0.3, -0.25) is 4.98 Å². The highest BCUT2D eigenvalue weighted by Crippen LogP contribution is 2.41. The molecule has 1 atom stereocenters. The summed E-state index contributed by atoms with van der Waals surface area (Å²) in [6.07, 6.45) is 5.19. The molecule has 0 fully saturated rings. The van der Waals surface area contributed by atoms with Gasteiger partial charge in [0.2, 0.25) is 0 Å². The van der Waals surface area contributed by atoms with Crippen molar-refractivity contribution in [3.05, 3.63) is 168 Å². The van der Waals surface area contributed by atoms with E-state index in [-0.39, 0.29) is 5.92 Å². The standard InChI is InChI=1S/C43H29N3/c1-3-10-28(11-4-1)39-27-40(29-12-5-2-6-13-29)46-43(45-39)35-25-33(24-34(26-35)38-16-7-8-23-44-38)36-21-19-32-18-17-30-14-9-15-31-20-22-37(36)42(32)41(30)31/h1-20,22-27,36H,21H2. The fourth-order valence-electron chi connectivity index (χ4n) is 7.04. The van der Waals surface area contributed by atoms with E-state index in [2.05, 4.69) is 127 Å². The molecule has 3 heteroatoms. The Kier molecular flexibility index (Phi) is 6.27. The number of benzene rings is 6. The molecule has 0 saturated carbocycles. The Hall–Kier alpha value is -5.93. The van der Waals surface area contributed by atoms with Gasteiger partial charge in [-0.25, -0.2) is 9.97 Å². The van der Waals surface area contributed by atoms with Crippen LogP contribution in [-0.2, 0) is 0 Å². The van der Waals surface area contributed by atoms with E-state index < -0.39 is 0 Å². The van der Waals surface area contributed by atoms with Crippen molar-refractivity contribution in [1.29, 1.82) is 0 Å². The molecular weight excluding hydrogens is 558 g/mol. The van der Waals surface area contributed by atoms with Crippen LogP contribution in [0.5, 0.6) is 0 Å². The van der Waals surface area contributed by atoms with E-state index in [0.717, 1.165) is 45.8 Å². The zero-order valence-corrected chi connectivity index (χ0v) is 25.1. The first-order valence-corrected chi connectivity index (χ1v) is 15.8. The number of aromatic nitrogens is 3. The minimum atomic E-state index is 0.191. The number of rotatable bonds is 5. The molecule has 1 aliphatic rings. The van der Waals surface area contributed by atoms with Crippen molar-refractivity contribution in [2.75, 3.05) is 0 Å². The Labute approximate surface area is 267 Å². The normalized spacial score (nSPS) is 14.0. The van der Waals surface area contributed by atoms with Crippen LogP contribution in [0.15, 0.2) is 152 Å². The van der Waals surface area contributed by atoms with Crippen molar-refractivity contribution >= 4 is 27.6 Å². The molecule has 0 spiro atoms. The molecule has 0 N–H and O–H groups in total. The van der Waals surface area contributed by atoms with E-state index >= 15 is 0 Å². The van der Waals surface area contributed by atoms with Gasteiger partial charge in [0, 0.05) is 34.4 Å². The number of hydrogen-bond donors (Lipinski definition) is 0. The molecule has 46 heavy (non-hydrogen) atoms. The lowest BCUT2D eigenvalue weighted by atomic mass is 9.79. The molecule has 0 amide bonds. The second-order valence-corrected chi connectivity index (χ2v) is 12.0. The van der Waals surface area contributed by atoms with Crippen LogP contribution in [0.3, 0.4) is 0 Å². The molecule has 3 nitrogen and oxygen atoms in total. The third kappa shape index (κ3) is 4.56. The molecule has 0 saturated heterocycles. The lowest BCUT2D eigenvalue weighted by Crippen LogP contribution is -2.15. The first-order chi connectivity index (χ1) is 22.8. The summed E-state index contributed by atoms with van der Waals surface area (Å²) >= 11 is 0. The van der Waals surface area contributed by atoms with Gasteiger partial charge in [0.05, 0.1) is 17.1 Å². The SMILES string of the molecule is C1=c2ccc3cccc4ccc(c2c43)C(c2cc(-c3ccccn3)cc(-c3nc(-c4ccccc4)cc(-c4ccccc4)n3)c2)C1. The van der Waals surface area contributed by atoms with Crippen LogP contribution in [-0.4, -0.2) is 15.0 Å². The molecule has 1 unspecified atom stereocenters. The number of hydrogen-bond acceptors (Lipinski definition) is 3. The topological polar surface area (TPSA) is 38.7 Å². The number of pyridine rings is 1. The highest BCUT2D eigenvalue weighted by atomic mass is 14.9. The average Bonchev–Trinajstić information content (AvgIpc) is 3.14. The highest BCUT2D eigenvalue weighted by molar-refractivity contribution is 6.12. The summed E-state index contributed by atoms with van der Waals surface area (Å²) in [5, 5.41) is 6.61. The molecule has 9 rings (SSSR count). The van der Waals surface area contributed by atoms with Crippen LogP contribution in [0.2, 0.25) is 0 Å². The Morgan fingerprint density at radius 1 is 0.478 bits per heavy atom. The Morgan fingerprint density at radius 3 is 1.85 bits per heavy atom. The summed E-state index contributed by atoms with van der Waals surface area (Å²) in [5.41, 5.74) is 9.52. The van der Waals surface area contributed by atoms with Crippen molar-refractivity contribution in [2.45, 2.75) is 12.3 Å². The lowest BCUT2D eigenvalue weighted by Gasteiger charge is -2.25. The minimum absolute atomic E-state index is 0.191. The van der Waals surface area contributed by atoms with Gasteiger partial charge in [0.1, 0.15) is 0 Å². The van der Waals surface area contributed by atoms with Gasteiger partial charge in [0.25, 0.3) is 0 Å². The quantitative estimate of drug-likeness (QED) is 0.201. The molecule has 216 valence electrons. The second-order valence-electron chi connectivity index (χ2n) is 12.0. The molecule has 8 aromatic rings. The van der Waals surface area contributed by atoms with Crippen LogP contribution in [0.4, 0.5) is 0 Å². The monoisotopic (exact) mass is 587 g/mol. The van der Waals surface area contributed by atoms with E-state index in [1.807, 2.05) is 30.5 Å². The van der Waals surface area contributed by atoms with Crippen LogP contribution in [0, 0.1) is 0 Å². The molecular formula is C43H29N3. The zero-order valence-electron chi connectivity index (χ0n) is 25.1. The van der Waals surface area contributed by atoms with Crippen LogP contribution >= 0.6 is 0 Å². The van der Waals surface area contributed by atoms with Crippen LogP contribution in [0.1, 0.15) is 23.5 Å². The van der Waals surface area contributed by atoms with E-state index in [1.165, 1.54) is 37.9 Å². The van der Waals surface area contributed by atoms with Crippen molar-refractivity contribution in [1.82, 2.24) is 15.0 Å². The number of nitrogens with zero attached hydrogens (tertiary/aromatic N) is 3. The van der Waals surface area contributed by atoms with Gasteiger partial charge in [-0.05, 0) is 80.7 Å². The smallest absolute Gasteiger partial charge is 0.160 e. The van der Waals surface area contributed by atoms with E-state index in [4.69, 9.17) is 15.0 Å². The molecule has 6 aromatic carbocycles. The molecule has 1 aliphatic carbocycles. The lowest BCUT2D eigenvalue weighted by molar-refractivity contribution is 0.854. The third-order valence-electron chi connectivity index (χ3n) is 9.23. The van der Waals surface area contributed by atoms with Crippen LogP contribution < -0.4 is 5.22 Å². The summed E-state index contributed by atoms with van der Waals surface area (Å²) < 4.78 is 0. The van der Waals surface area contributed by atoms with E-state index in [9.17, 15) is 0 Å². The summed E-state index contributed by atoms with van der Waals surface area (Å²) in [6.45, 7) is 0. The van der Waals surface area contributed by atoms with Gasteiger partial charge in [-0.2, -0.15) is 0 Å². The molecule has 2 aromatic heterocycles. The maximum absolute atomic E-state index is 5.19. The maximum Gasteiger partial charge on any atom is 0.160 e. The van der Waals surface area contributed by atoms with Crippen molar-refractivity contribution < 1.29 is 0 Å². The largest absolute Gasteiger partial charge is 0.256 e. The Balaban J connectivity index is 1.27. The van der Waals surface area contributed by atoms with Gasteiger partial charge in [-0.15, -0.1) is 0 Å². The first-order valence-electron chi connectivity index (χ1n) is 15.8. The summed E-state index contributed by atoms with van der Waals surface area (Å²) in [4.78, 5) is 15.1. The van der Waals surface area contributed by atoms with E-state index in [1.54, 1.807) is 0 Å². The highest BCUT2D eigenvalue weighted by Gasteiger charge is 2.23. The fourth-order valence-corrected chi connectivity index (χ4v) is 7.04. The average molecular weight is 588 g/mol. The molecule has 0 bridgehead atoms. The maximum atomic E-state index is 5.19. The predicted molar refractivity (Wildman–Crippen MR) is 189 cm³/mol. The minimum Gasteiger partial charge on any atom is -0.256 e. The third-order valence-corrected chi connectivity index (χ3v) is 9.23. The van der Waals surface area contributed by atoms with Gasteiger partial charge in [0.15, 0.2) is 5.82 Å². The van der Waals surface area contributed by atoms with Crippen LogP contribution in [0.25, 0.3) is 72.8 Å². The van der Waals surface area contributed by atoms with Gasteiger partial charge < -0.3 is 0 Å². The van der Waals surface area contributed by atoms with Gasteiger partial charge in [-0.1, -0.05) is 115 Å². The second kappa shape index (κ2) is 10.9. The molecule has 0 aliphatic heterocycles. The van der Waals surface area contributed by atoms with Crippen molar-refractivity contribution in [3.63, 3.8) is 0 Å². The zero-order chi connectivity index (χ0) is 30.5. The Bertz CT molecular complexity index is 2360. The fraction of sp³-hybridized carbons (Fsp3) is 0.0465. The summed E-state index contributed by atoms with van der Waals surface area (Å²) in [7, 11) is 0. The van der Waals surface area contributed by atoms with Gasteiger partial charge >= 0.3 is 0 Å². The summed E-state index contributed by atoms with van der Waals surface area (Å²) in [5.74, 6) is 0.896. The molecule has 2 heterocycles. The molecule has 0 radical (unpaired) electrons. The van der Waals surface area contributed by atoms with E-state index in [0.29, 0.717) is 5.82 Å².